The molecule has 8 rings (SSSR count). The summed E-state index contributed by atoms with van der Waals surface area (Å²) in [5.41, 5.74) is 6.25. The number of phenols is 2. The zero-order valence-electron chi connectivity index (χ0n) is 29.9. The maximum atomic E-state index is 10.5. The van der Waals surface area contributed by atoms with E-state index in [-0.39, 0.29) is 23.7 Å². The molecule has 0 spiro atoms. The smallest absolute Gasteiger partial charge is 0.144 e. The maximum Gasteiger partial charge on any atom is 0.144 e. The van der Waals surface area contributed by atoms with Gasteiger partial charge in [-0.1, -0.05) is 52.3 Å². The van der Waals surface area contributed by atoms with Gasteiger partial charge in [-0.2, -0.15) is 0 Å². The van der Waals surface area contributed by atoms with Gasteiger partial charge in [0, 0.05) is 41.8 Å². The average molecular weight is 768 g/mol. The van der Waals surface area contributed by atoms with Crippen LogP contribution in [0.25, 0.3) is 22.1 Å². The van der Waals surface area contributed by atoms with Gasteiger partial charge in [-0.3, -0.25) is 0 Å². The Morgan fingerprint density at radius 2 is 1.15 bits per heavy atom. The second kappa shape index (κ2) is 16.2. The standard InChI is InChI=1S/C21H25N3O2.C20H22BrN3O2/c1-14-7-8-16(19(25)13-14)20(26-15-9-11-24(2)12-10-15)21-22-17-5-3-4-6-18(17)23-21;1-24-10-8-14(9-11-24)26-19(15-12-13(21)6-7-18(15)25)20-22-16-4-2-3-5-17(16)23-20/h3-8,13,15,20,25H,9-12H2,1-2H3,(H,22,23);2-7,12,14,19,25H,8-11H2,1H3,(H,22,23). The van der Waals surface area contributed by atoms with Crippen LogP contribution < -0.4 is 0 Å². The number of halogens is 1. The van der Waals surface area contributed by atoms with Crippen LogP contribution in [0, 0.1) is 6.92 Å². The minimum atomic E-state index is -0.437. The third-order valence-corrected chi connectivity index (χ3v) is 10.5. The van der Waals surface area contributed by atoms with E-state index < -0.39 is 12.2 Å². The second-order valence-electron chi connectivity index (χ2n) is 14.1. The van der Waals surface area contributed by atoms with Gasteiger partial charge in [-0.05, 0) is 101 Å². The summed E-state index contributed by atoms with van der Waals surface area (Å²) in [5, 5.41) is 21.0. The lowest BCUT2D eigenvalue weighted by molar-refractivity contribution is -0.0272. The number of imidazole rings is 2. The zero-order chi connectivity index (χ0) is 36.2. The van der Waals surface area contributed by atoms with Crippen molar-refractivity contribution in [2.45, 2.75) is 57.0 Å². The highest BCUT2D eigenvalue weighted by molar-refractivity contribution is 9.10. The van der Waals surface area contributed by atoms with E-state index in [1.165, 1.54) is 0 Å². The normalized spacial score (nSPS) is 17.6. The predicted molar refractivity (Wildman–Crippen MR) is 208 cm³/mol. The van der Waals surface area contributed by atoms with Crippen LogP contribution in [0.5, 0.6) is 11.5 Å². The third-order valence-electron chi connectivity index (χ3n) is 10.0. The molecule has 4 aromatic carbocycles. The van der Waals surface area contributed by atoms with Crippen LogP contribution in [-0.4, -0.2) is 92.4 Å². The van der Waals surface area contributed by atoms with Gasteiger partial charge in [0.25, 0.3) is 0 Å². The molecule has 2 aliphatic heterocycles. The number of hydrogen-bond acceptors (Lipinski definition) is 8. The second-order valence-corrected chi connectivity index (χ2v) is 15.0. The highest BCUT2D eigenvalue weighted by Gasteiger charge is 2.29. The van der Waals surface area contributed by atoms with Crippen molar-refractivity contribution in [1.29, 1.82) is 0 Å². The molecule has 2 fully saturated rings. The number of fused-ring (bicyclic) bond motifs is 2. The molecule has 4 N–H and O–H groups in total. The molecule has 2 saturated heterocycles. The summed E-state index contributed by atoms with van der Waals surface area (Å²) in [7, 11) is 4.27. The van der Waals surface area contributed by atoms with Crippen molar-refractivity contribution in [1.82, 2.24) is 29.7 Å². The summed E-state index contributed by atoms with van der Waals surface area (Å²) in [6.45, 7) is 6.05. The first-order valence-corrected chi connectivity index (χ1v) is 18.8. The number of aryl methyl sites for hydroxylation is 1. The lowest BCUT2D eigenvalue weighted by Crippen LogP contribution is -2.35. The van der Waals surface area contributed by atoms with E-state index in [0.29, 0.717) is 0 Å². The van der Waals surface area contributed by atoms with E-state index >= 15 is 0 Å². The Bertz CT molecular complexity index is 2030. The van der Waals surface area contributed by atoms with Crippen LogP contribution in [-0.2, 0) is 9.47 Å². The van der Waals surface area contributed by atoms with Crippen LogP contribution in [0.15, 0.2) is 89.4 Å². The topological polar surface area (TPSA) is 123 Å². The van der Waals surface area contributed by atoms with Crippen molar-refractivity contribution < 1.29 is 19.7 Å². The van der Waals surface area contributed by atoms with Crippen LogP contribution in [0.4, 0.5) is 0 Å². The SMILES string of the molecule is CN1CCC(OC(c2nc3ccccc3[nH]2)c2cc(Br)ccc2O)CC1.Cc1ccc(C(OC2CCN(C)CC2)c2nc3ccccc3[nH]2)c(O)c1. The number of hydrogen-bond donors (Lipinski definition) is 4. The first-order valence-electron chi connectivity index (χ1n) is 18.1. The number of rotatable bonds is 8. The largest absolute Gasteiger partial charge is 0.508 e. The summed E-state index contributed by atoms with van der Waals surface area (Å²) in [6.07, 6.45) is 3.38. The van der Waals surface area contributed by atoms with Crippen molar-refractivity contribution >= 4 is 38.0 Å². The number of ether oxygens (including phenoxy) is 2. The Hall–Kier alpha value is -4.26. The fourth-order valence-electron chi connectivity index (χ4n) is 7.00. The summed E-state index contributed by atoms with van der Waals surface area (Å²) >= 11 is 3.50. The quantitative estimate of drug-likeness (QED) is 0.123. The van der Waals surface area contributed by atoms with Crippen LogP contribution >= 0.6 is 15.9 Å². The first-order chi connectivity index (χ1) is 25.2. The molecule has 2 atom stereocenters. The Morgan fingerprint density at radius 3 is 1.65 bits per heavy atom. The van der Waals surface area contributed by atoms with Gasteiger partial charge in [0.1, 0.15) is 35.4 Å². The Balaban J connectivity index is 0.000000162. The third kappa shape index (κ3) is 8.51. The number of nitrogens with zero attached hydrogens (tertiary/aromatic N) is 4. The highest BCUT2D eigenvalue weighted by atomic mass is 79.9. The molecule has 52 heavy (non-hydrogen) atoms. The molecule has 4 heterocycles. The minimum absolute atomic E-state index is 0.141. The number of aromatic amines is 2. The molecule has 2 aliphatic rings. The van der Waals surface area contributed by atoms with E-state index in [0.717, 1.165) is 107 Å². The summed E-state index contributed by atoms with van der Waals surface area (Å²) in [4.78, 5) is 20.8. The highest BCUT2D eigenvalue weighted by Crippen LogP contribution is 2.37. The molecule has 6 aromatic rings. The molecule has 0 aliphatic carbocycles. The number of likely N-dealkylation sites (tertiary alicyclic amines) is 2. The van der Waals surface area contributed by atoms with Crippen molar-refractivity contribution in [3.8, 4) is 11.5 Å². The fraction of sp³-hybridized carbons (Fsp3) is 0.366. The number of aromatic hydroxyl groups is 2. The van der Waals surface area contributed by atoms with Crippen molar-refractivity contribution in [2.24, 2.45) is 0 Å². The molecule has 272 valence electrons. The molecule has 11 heteroatoms. The maximum absolute atomic E-state index is 10.5. The van der Waals surface area contributed by atoms with E-state index in [2.05, 4.69) is 49.8 Å². The number of phenolic OH excluding ortho intramolecular Hbond substituents is 2. The Morgan fingerprint density at radius 1 is 0.654 bits per heavy atom. The summed E-state index contributed by atoms with van der Waals surface area (Å²) in [6, 6.07) is 27.0. The molecule has 0 saturated carbocycles. The molecular formula is C41H47BrN6O4. The number of para-hydroxylation sites is 4. The van der Waals surface area contributed by atoms with Crippen molar-refractivity contribution in [2.75, 3.05) is 40.3 Å². The molecule has 2 unspecified atom stereocenters. The van der Waals surface area contributed by atoms with Crippen LogP contribution in [0.3, 0.4) is 0 Å². The fourth-order valence-corrected chi connectivity index (χ4v) is 7.38. The van der Waals surface area contributed by atoms with Gasteiger partial charge in [-0.25, -0.2) is 9.97 Å². The predicted octanol–water partition coefficient (Wildman–Crippen LogP) is 8.01. The average Bonchev–Trinajstić information content (AvgIpc) is 3.78. The number of piperidine rings is 2. The lowest BCUT2D eigenvalue weighted by Gasteiger charge is -2.31. The first kappa shape index (κ1) is 36.1. The van der Waals surface area contributed by atoms with Gasteiger partial charge in [0.2, 0.25) is 0 Å². The zero-order valence-corrected chi connectivity index (χ0v) is 31.5. The molecule has 10 nitrogen and oxygen atoms in total. The Kier molecular flexibility index (Phi) is 11.2. The Labute approximate surface area is 312 Å². The molecule has 0 amide bonds. The van der Waals surface area contributed by atoms with Gasteiger partial charge in [0.05, 0.1) is 34.3 Å². The molecule has 0 bridgehead atoms. The van der Waals surface area contributed by atoms with Crippen molar-refractivity contribution in [3.63, 3.8) is 0 Å². The minimum Gasteiger partial charge on any atom is -0.508 e. The summed E-state index contributed by atoms with van der Waals surface area (Å²) < 4.78 is 13.9. The van der Waals surface area contributed by atoms with E-state index in [4.69, 9.17) is 19.4 Å². The number of H-pyrrole nitrogens is 2. The lowest BCUT2D eigenvalue weighted by atomic mass is 10.0. The molecule has 2 aromatic heterocycles. The van der Waals surface area contributed by atoms with Crippen molar-refractivity contribution in [3.05, 3.63) is 118 Å². The monoisotopic (exact) mass is 766 g/mol. The van der Waals surface area contributed by atoms with Gasteiger partial charge >= 0.3 is 0 Å². The summed E-state index contributed by atoms with van der Waals surface area (Å²) in [5.74, 6) is 1.93. The number of benzene rings is 4. The van der Waals surface area contributed by atoms with E-state index in [9.17, 15) is 10.2 Å². The number of aromatic nitrogens is 4. The van der Waals surface area contributed by atoms with Crippen LogP contribution in [0.1, 0.15) is 66.2 Å². The van der Waals surface area contributed by atoms with Gasteiger partial charge in [-0.15, -0.1) is 0 Å². The van der Waals surface area contributed by atoms with Gasteiger partial charge < -0.3 is 39.5 Å². The molecule has 0 radical (unpaired) electrons. The van der Waals surface area contributed by atoms with Crippen LogP contribution in [0.2, 0.25) is 0 Å². The number of nitrogens with one attached hydrogen (secondary N) is 2. The van der Waals surface area contributed by atoms with E-state index in [1.54, 1.807) is 12.1 Å². The molecular weight excluding hydrogens is 720 g/mol. The van der Waals surface area contributed by atoms with E-state index in [1.807, 2.05) is 79.7 Å². The van der Waals surface area contributed by atoms with Gasteiger partial charge in [0.15, 0.2) is 0 Å².